The van der Waals surface area contributed by atoms with Crippen LogP contribution in [0.3, 0.4) is 0 Å². The van der Waals surface area contributed by atoms with E-state index in [0.717, 1.165) is 6.07 Å². The summed E-state index contributed by atoms with van der Waals surface area (Å²) >= 11 is 11.5. The summed E-state index contributed by atoms with van der Waals surface area (Å²) in [6.45, 7) is 1.57. The van der Waals surface area contributed by atoms with E-state index in [2.05, 4.69) is 4.83 Å². The van der Waals surface area contributed by atoms with Gasteiger partial charge in [0, 0.05) is 11.8 Å². The molecule has 128 valence electrons. The monoisotopic (exact) mass is 390 g/mol. The van der Waals surface area contributed by atoms with Gasteiger partial charge in [0.15, 0.2) is 0 Å². The Morgan fingerprint density at radius 2 is 1.92 bits per heavy atom. The predicted octanol–water partition coefficient (Wildman–Crippen LogP) is 2.02. The topological polar surface area (TPSA) is 105 Å². The van der Waals surface area contributed by atoms with E-state index in [-0.39, 0.29) is 20.5 Å². The van der Waals surface area contributed by atoms with E-state index in [1.165, 1.54) is 24.4 Å². The molecule has 1 aromatic carbocycles. The molecular weight excluding hydrogens is 379 g/mol. The van der Waals surface area contributed by atoms with E-state index < -0.39 is 28.0 Å². The van der Waals surface area contributed by atoms with E-state index in [9.17, 15) is 18.0 Å². The van der Waals surface area contributed by atoms with Crippen molar-refractivity contribution in [1.29, 1.82) is 0 Å². The molecule has 2 aromatic rings. The number of aliphatic carboxylic acids is 1. The average molecular weight is 391 g/mol. The van der Waals surface area contributed by atoms with Crippen LogP contribution in [-0.2, 0) is 21.2 Å². The molecule has 1 heterocycles. The first-order chi connectivity index (χ1) is 11.1. The lowest BCUT2D eigenvalue weighted by Crippen LogP contribution is -2.35. The minimum Gasteiger partial charge on any atom is -0.481 e. The van der Waals surface area contributed by atoms with Crippen molar-refractivity contribution in [3.8, 4) is 0 Å². The molecule has 0 bridgehead atoms. The average Bonchev–Trinajstić information content (AvgIpc) is 2.49. The molecule has 0 unspecified atom stereocenters. The highest BCUT2D eigenvalue weighted by molar-refractivity contribution is 7.92. The van der Waals surface area contributed by atoms with Crippen LogP contribution in [0.4, 0.5) is 0 Å². The molecule has 7 nitrogen and oxygen atoms in total. The lowest BCUT2D eigenvalue weighted by molar-refractivity contribution is -0.136. The van der Waals surface area contributed by atoms with E-state index >= 15 is 0 Å². The standard InChI is InChI=1S/C14H12Cl2N2O5S/c1-8-4-5-18(14(21)10(8)7-13(19)20)17-24(22,23)9-2-3-11(15)12(16)6-9/h2-6,17H,7H2,1H3,(H,19,20). The zero-order chi connectivity index (χ0) is 18.1. The lowest BCUT2D eigenvalue weighted by Gasteiger charge is -2.13. The quantitative estimate of drug-likeness (QED) is 0.812. The molecule has 0 amide bonds. The first-order valence-electron chi connectivity index (χ1n) is 6.52. The zero-order valence-electron chi connectivity index (χ0n) is 12.3. The van der Waals surface area contributed by atoms with Gasteiger partial charge in [0.25, 0.3) is 15.6 Å². The molecule has 0 aliphatic heterocycles. The molecule has 0 aliphatic rings. The number of carboxylic acids is 1. The number of carboxylic acid groups (broad SMARTS) is 1. The summed E-state index contributed by atoms with van der Waals surface area (Å²) in [6.07, 6.45) is 0.693. The summed E-state index contributed by atoms with van der Waals surface area (Å²) < 4.78 is 25.4. The Balaban J connectivity index is 2.45. The third kappa shape index (κ3) is 3.89. The second-order valence-corrected chi connectivity index (χ2v) is 7.37. The van der Waals surface area contributed by atoms with Crippen molar-refractivity contribution in [3.63, 3.8) is 0 Å². The van der Waals surface area contributed by atoms with Crippen LogP contribution < -0.4 is 10.4 Å². The van der Waals surface area contributed by atoms with Gasteiger partial charge in [-0.05, 0) is 36.8 Å². The number of benzene rings is 1. The van der Waals surface area contributed by atoms with Crippen molar-refractivity contribution < 1.29 is 18.3 Å². The van der Waals surface area contributed by atoms with E-state index in [0.29, 0.717) is 10.2 Å². The molecule has 2 N–H and O–H groups in total. The van der Waals surface area contributed by atoms with Crippen molar-refractivity contribution in [1.82, 2.24) is 4.68 Å². The van der Waals surface area contributed by atoms with Crippen molar-refractivity contribution in [2.45, 2.75) is 18.2 Å². The normalized spacial score (nSPS) is 11.3. The van der Waals surface area contributed by atoms with Gasteiger partial charge >= 0.3 is 5.97 Å². The van der Waals surface area contributed by atoms with Gasteiger partial charge in [-0.25, -0.2) is 9.51 Å². The maximum Gasteiger partial charge on any atom is 0.308 e. The third-order valence-electron chi connectivity index (χ3n) is 3.17. The Hall–Kier alpha value is -2.03. The SMILES string of the molecule is Cc1ccn(NS(=O)(=O)c2ccc(Cl)c(Cl)c2)c(=O)c1CC(=O)O. The van der Waals surface area contributed by atoms with Crippen molar-refractivity contribution >= 4 is 39.2 Å². The molecule has 0 aliphatic carbocycles. The summed E-state index contributed by atoms with van der Waals surface area (Å²) in [6, 6.07) is 5.13. The van der Waals surface area contributed by atoms with Crippen molar-refractivity contribution in [3.05, 3.63) is 62.0 Å². The first kappa shape index (κ1) is 18.3. The number of aryl methyl sites for hydroxylation is 1. The molecule has 24 heavy (non-hydrogen) atoms. The number of rotatable bonds is 5. The second-order valence-electron chi connectivity index (χ2n) is 4.89. The van der Waals surface area contributed by atoms with Crippen LogP contribution in [0.2, 0.25) is 10.0 Å². The maximum atomic E-state index is 12.3. The highest BCUT2D eigenvalue weighted by Crippen LogP contribution is 2.24. The number of nitrogens with zero attached hydrogens (tertiary/aromatic N) is 1. The van der Waals surface area contributed by atoms with Crippen molar-refractivity contribution in [2.24, 2.45) is 0 Å². The number of hydrogen-bond acceptors (Lipinski definition) is 4. The molecule has 0 radical (unpaired) electrons. The Morgan fingerprint density at radius 1 is 1.25 bits per heavy atom. The Labute approximate surface area is 147 Å². The summed E-state index contributed by atoms with van der Waals surface area (Å²) in [5, 5.41) is 9.09. The summed E-state index contributed by atoms with van der Waals surface area (Å²) in [4.78, 5) is 25.0. The van der Waals surface area contributed by atoms with Crippen LogP contribution in [0.1, 0.15) is 11.1 Å². The smallest absolute Gasteiger partial charge is 0.308 e. The maximum absolute atomic E-state index is 12.3. The molecule has 1 aromatic heterocycles. The van der Waals surface area contributed by atoms with Crippen LogP contribution in [0.5, 0.6) is 0 Å². The Morgan fingerprint density at radius 3 is 2.50 bits per heavy atom. The first-order valence-corrected chi connectivity index (χ1v) is 8.76. The second kappa shape index (κ2) is 6.84. The van der Waals surface area contributed by atoms with Gasteiger partial charge in [-0.1, -0.05) is 23.2 Å². The number of sulfonamides is 1. The molecule has 0 saturated carbocycles. The minimum atomic E-state index is -4.11. The van der Waals surface area contributed by atoms with Crippen LogP contribution >= 0.6 is 23.2 Å². The molecule has 10 heteroatoms. The van der Waals surface area contributed by atoms with Gasteiger partial charge in [-0.15, -0.1) is 0 Å². The molecule has 0 fully saturated rings. The van der Waals surface area contributed by atoms with E-state index in [4.69, 9.17) is 28.3 Å². The van der Waals surface area contributed by atoms with E-state index in [1.54, 1.807) is 6.92 Å². The minimum absolute atomic E-state index is 0.0122. The number of halogens is 2. The predicted molar refractivity (Wildman–Crippen MR) is 89.8 cm³/mol. The lowest BCUT2D eigenvalue weighted by atomic mass is 10.1. The number of carbonyl (C=O) groups is 1. The van der Waals surface area contributed by atoms with Gasteiger partial charge < -0.3 is 5.11 Å². The number of pyridine rings is 1. The fourth-order valence-electron chi connectivity index (χ4n) is 1.93. The van der Waals surface area contributed by atoms with Gasteiger partial charge in [0.1, 0.15) is 0 Å². The Kier molecular flexibility index (Phi) is 5.22. The van der Waals surface area contributed by atoms with Gasteiger partial charge in [0.05, 0.1) is 21.4 Å². The zero-order valence-corrected chi connectivity index (χ0v) is 14.6. The van der Waals surface area contributed by atoms with Crippen LogP contribution in [-0.4, -0.2) is 24.2 Å². The largest absolute Gasteiger partial charge is 0.481 e. The number of nitrogens with one attached hydrogen (secondary N) is 1. The van der Waals surface area contributed by atoms with Crippen molar-refractivity contribution in [2.75, 3.05) is 4.83 Å². The number of hydrogen-bond donors (Lipinski definition) is 2. The highest BCUT2D eigenvalue weighted by atomic mass is 35.5. The summed E-state index contributed by atoms with van der Waals surface area (Å²) in [7, 11) is -4.11. The van der Waals surface area contributed by atoms with Gasteiger partial charge in [-0.2, -0.15) is 8.42 Å². The summed E-state index contributed by atoms with van der Waals surface area (Å²) in [5.74, 6) is -1.19. The molecular formula is C14H12Cl2N2O5S. The molecule has 0 saturated heterocycles. The van der Waals surface area contributed by atoms with E-state index in [1.807, 2.05) is 0 Å². The number of aromatic nitrogens is 1. The summed E-state index contributed by atoms with van der Waals surface area (Å²) in [5.41, 5.74) is -0.324. The Bertz CT molecular complexity index is 970. The fourth-order valence-corrected chi connectivity index (χ4v) is 3.32. The molecule has 0 atom stereocenters. The van der Waals surface area contributed by atoms with Crippen LogP contribution in [0, 0.1) is 6.92 Å². The van der Waals surface area contributed by atoms with Gasteiger partial charge in [0.2, 0.25) is 0 Å². The highest BCUT2D eigenvalue weighted by Gasteiger charge is 2.18. The fraction of sp³-hybridized carbons (Fsp3) is 0.143. The van der Waals surface area contributed by atoms with Crippen LogP contribution in [0.15, 0.2) is 40.2 Å². The molecule has 0 spiro atoms. The third-order valence-corrected chi connectivity index (χ3v) is 5.23. The molecule has 2 rings (SSSR count). The van der Waals surface area contributed by atoms with Crippen LogP contribution in [0.25, 0.3) is 0 Å². The van der Waals surface area contributed by atoms with Gasteiger partial charge in [-0.3, -0.25) is 9.59 Å².